The molecule has 0 spiro atoms. The molecular weight excluding hydrogens is 325 g/mol. The first-order valence-corrected chi connectivity index (χ1v) is 9.21. The molecule has 0 saturated carbocycles. The van der Waals surface area contributed by atoms with E-state index in [4.69, 9.17) is 10.7 Å². The average molecular weight is 347 g/mol. The molecule has 0 aliphatic heterocycles. The van der Waals surface area contributed by atoms with Gasteiger partial charge in [-0.3, -0.25) is 4.79 Å². The lowest BCUT2D eigenvalue weighted by Gasteiger charge is -2.24. The van der Waals surface area contributed by atoms with E-state index in [9.17, 15) is 9.18 Å². The van der Waals surface area contributed by atoms with Crippen LogP contribution in [-0.2, 0) is 11.2 Å². The van der Waals surface area contributed by atoms with E-state index in [2.05, 4.69) is 5.32 Å². The number of aryl methyl sites for hydroxylation is 1. The number of carbonyl (C=O) groups is 1. The number of hydrogen-bond donors (Lipinski definition) is 2. The molecule has 1 heterocycles. The van der Waals surface area contributed by atoms with Crippen LogP contribution in [0.2, 0.25) is 0 Å². The van der Waals surface area contributed by atoms with Gasteiger partial charge in [-0.05, 0) is 49.9 Å². The van der Waals surface area contributed by atoms with Crippen molar-refractivity contribution >= 4 is 17.2 Å². The smallest absolute Gasteiger partial charge is 0.237 e. The van der Waals surface area contributed by atoms with Crippen LogP contribution in [-0.4, -0.2) is 16.9 Å². The number of halogens is 1. The summed E-state index contributed by atoms with van der Waals surface area (Å²) in [7, 11) is 0. The summed E-state index contributed by atoms with van der Waals surface area (Å²) in [6, 6.07) is 5.90. The molecule has 1 aromatic heterocycles. The number of rotatable bonds is 5. The number of thiazole rings is 1. The topological polar surface area (TPSA) is 68.0 Å². The Bertz CT molecular complexity index is 714. The molecule has 2 aromatic rings. The second-order valence-corrected chi connectivity index (χ2v) is 7.22. The van der Waals surface area contributed by atoms with Crippen molar-refractivity contribution in [2.75, 3.05) is 0 Å². The monoisotopic (exact) mass is 347 g/mol. The van der Waals surface area contributed by atoms with Crippen LogP contribution in [0.25, 0.3) is 10.6 Å². The number of carbonyl (C=O) groups excluding carboxylic acids is 1. The number of nitrogens with two attached hydrogens (primary N) is 1. The van der Waals surface area contributed by atoms with E-state index >= 15 is 0 Å². The normalized spacial score (nSPS) is 18.0. The summed E-state index contributed by atoms with van der Waals surface area (Å²) in [4.78, 5) is 18.0. The standard InChI is InChI=1S/C18H22FN3OS/c1-2-4-13(20)17(23)21-14-5-3-6-15-16(14)24-18(22-15)11-7-9-12(19)10-8-11/h7-10,13-14H,2-6,20H2,1H3,(H,21,23). The van der Waals surface area contributed by atoms with E-state index in [1.165, 1.54) is 12.1 Å². The third-order valence-electron chi connectivity index (χ3n) is 4.29. The van der Waals surface area contributed by atoms with E-state index in [-0.39, 0.29) is 17.8 Å². The van der Waals surface area contributed by atoms with Gasteiger partial charge in [-0.15, -0.1) is 11.3 Å². The van der Waals surface area contributed by atoms with Gasteiger partial charge in [-0.2, -0.15) is 0 Å². The van der Waals surface area contributed by atoms with Gasteiger partial charge in [0.2, 0.25) is 5.91 Å². The van der Waals surface area contributed by atoms with Gasteiger partial charge in [-0.1, -0.05) is 13.3 Å². The molecule has 0 bridgehead atoms. The predicted molar refractivity (Wildman–Crippen MR) is 94.2 cm³/mol. The molecule has 24 heavy (non-hydrogen) atoms. The molecule has 6 heteroatoms. The highest BCUT2D eigenvalue weighted by atomic mass is 32.1. The maximum absolute atomic E-state index is 13.1. The van der Waals surface area contributed by atoms with Crippen LogP contribution < -0.4 is 11.1 Å². The van der Waals surface area contributed by atoms with E-state index < -0.39 is 6.04 Å². The summed E-state index contributed by atoms with van der Waals surface area (Å²) in [6.07, 6.45) is 4.39. The molecule has 3 N–H and O–H groups in total. The Kier molecular flexibility index (Phi) is 5.26. The van der Waals surface area contributed by atoms with Gasteiger partial charge >= 0.3 is 0 Å². The van der Waals surface area contributed by atoms with Crippen LogP contribution in [0.5, 0.6) is 0 Å². The minimum absolute atomic E-state index is 0.0177. The second kappa shape index (κ2) is 7.40. The highest BCUT2D eigenvalue weighted by Gasteiger charge is 2.27. The van der Waals surface area contributed by atoms with Crippen molar-refractivity contribution in [3.63, 3.8) is 0 Å². The zero-order chi connectivity index (χ0) is 17.1. The Balaban J connectivity index is 1.80. The van der Waals surface area contributed by atoms with Gasteiger partial charge in [0.05, 0.1) is 22.7 Å². The number of nitrogens with one attached hydrogen (secondary N) is 1. The molecule has 1 aliphatic rings. The lowest BCUT2D eigenvalue weighted by atomic mass is 9.97. The first-order valence-electron chi connectivity index (χ1n) is 8.40. The molecule has 1 aliphatic carbocycles. The summed E-state index contributed by atoms with van der Waals surface area (Å²) in [5.41, 5.74) is 7.86. The highest BCUT2D eigenvalue weighted by Crippen LogP contribution is 2.38. The Morgan fingerprint density at radius 3 is 2.92 bits per heavy atom. The Hall–Kier alpha value is -1.79. The maximum Gasteiger partial charge on any atom is 0.237 e. The van der Waals surface area contributed by atoms with Crippen LogP contribution in [0.15, 0.2) is 24.3 Å². The van der Waals surface area contributed by atoms with Gasteiger partial charge in [-0.25, -0.2) is 9.37 Å². The highest BCUT2D eigenvalue weighted by molar-refractivity contribution is 7.15. The van der Waals surface area contributed by atoms with E-state index in [1.54, 1.807) is 23.5 Å². The van der Waals surface area contributed by atoms with E-state index in [0.29, 0.717) is 6.42 Å². The van der Waals surface area contributed by atoms with Gasteiger partial charge < -0.3 is 11.1 Å². The number of hydrogen-bond acceptors (Lipinski definition) is 4. The second-order valence-electron chi connectivity index (χ2n) is 6.19. The molecule has 1 aromatic carbocycles. The molecule has 3 rings (SSSR count). The SMILES string of the molecule is CCCC(N)C(=O)NC1CCCc2nc(-c3ccc(F)cc3)sc21. The molecule has 2 unspecified atom stereocenters. The van der Waals surface area contributed by atoms with E-state index in [0.717, 1.165) is 46.8 Å². The van der Waals surface area contributed by atoms with Crippen molar-refractivity contribution in [3.8, 4) is 10.6 Å². The fourth-order valence-corrected chi connectivity index (χ4v) is 4.20. The van der Waals surface area contributed by atoms with Crippen molar-refractivity contribution in [1.29, 1.82) is 0 Å². The molecule has 4 nitrogen and oxygen atoms in total. The lowest BCUT2D eigenvalue weighted by Crippen LogP contribution is -2.42. The van der Waals surface area contributed by atoms with Crippen molar-refractivity contribution in [2.24, 2.45) is 5.73 Å². The molecular formula is C18H22FN3OS. The van der Waals surface area contributed by atoms with Gasteiger partial charge in [0.25, 0.3) is 0 Å². The summed E-state index contributed by atoms with van der Waals surface area (Å²) >= 11 is 1.58. The number of nitrogens with zero attached hydrogens (tertiary/aromatic N) is 1. The van der Waals surface area contributed by atoms with Crippen molar-refractivity contribution in [1.82, 2.24) is 10.3 Å². The number of benzene rings is 1. The quantitative estimate of drug-likeness (QED) is 0.869. The van der Waals surface area contributed by atoms with Crippen LogP contribution in [0, 0.1) is 5.82 Å². The van der Waals surface area contributed by atoms with Crippen LogP contribution in [0.1, 0.15) is 49.2 Å². The average Bonchev–Trinajstić information content (AvgIpc) is 3.01. The van der Waals surface area contributed by atoms with Crippen molar-refractivity contribution in [2.45, 2.75) is 51.1 Å². The third kappa shape index (κ3) is 3.65. The fourth-order valence-electron chi connectivity index (χ4n) is 2.99. The molecule has 2 atom stereocenters. The van der Waals surface area contributed by atoms with Crippen LogP contribution >= 0.6 is 11.3 Å². The van der Waals surface area contributed by atoms with Crippen molar-refractivity contribution < 1.29 is 9.18 Å². The first kappa shape index (κ1) is 17.0. The summed E-state index contributed by atoms with van der Waals surface area (Å²) in [6.45, 7) is 2.02. The molecule has 0 radical (unpaired) electrons. The van der Waals surface area contributed by atoms with Gasteiger partial charge in [0.15, 0.2) is 0 Å². The Morgan fingerprint density at radius 2 is 2.21 bits per heavy atom. The molecule has 0 saturated heterocycles. The van der Waals surface area contributed by atoms with Gasteiger partial charge in [0.1, 0.15) is 10.8 Å². The number of aromatic nitrogens is 1. The Morgan fingerprint density at radius 1 is 1.46 bits per heavy atom. The number of amides is 1. The fraction of sp³-hybridized carbons (Fsp3) is 0.444. The molecule has 1 amide bonds. The summed E-state index contributed by atoms with van der Waals surface area (Å²) in [5, 5.41) is 3.95. The third-order valence-corrected chi connectivity index (χ3v) is 5.55. The minimum Gasteiger partial charge on any atom is -0.347 e. The van der Waals surface area contributed by atoms with Gasteiger partial charge in [0, 0.05) is 5.56 Å². The Labute approximate surface area is 145 Å². The molecule has 0 fully saturated rings. The summed E-state index contributed by atoms with van der Waals surface area (Å²) in [5.74, 6) is -0.346. The zero-order valence-corrected chi connectivity index (χ0v) is 14.5. The number of fused-ring (bicyclic) bond motifs is 1. The predicted octanol–water partition coefficient (Wildman–Crippen LogP) is 3.57. The van der Waals surface area contributed by atoms with E-state index in [1.807, 2.05) is 6.92 Å². The lowest BCUT2D eigenvalue weighted by molar-refractivity contribution is -0.123. The summed E-state index contributed by atoms with van der Waals surface area (Å²) < 4.78 is 13.1. The van der Waals surface area contributed by atoms with Crippen LogP contribution in [0.4, 0.5) is 4.39 Å². The van der Waals surface area contributed by atoms with Crippen LogP contribution in [0.3, 0.4) is 0 Å². The maximum atomic E-state index is 13.1. The molecule has 128 valence electrons. The minimum atomic E-state index is -0.454. The zero-order valence-electron chi connectivity index (χ0n) is 13.7. The largest absolute Gasteiger partial charge is 0.347 e. The van der Waals surface area contributed by atoms with Crippen molar-refractivity contribution in [3.05, 3.63) is 40.7 Å². The first-order chi connectivity index (χ1) is 11.6.